The Hall–Kier alpha value is -1.39. The molecule has 0 aromatic carbocycles. The summed E-state index contributed by atoms with van der Waals surface area (Å²) >= 11 is 0. The van der Waals surface area contributed by atoms with Gasteiger partial charge in [0, 0.05) is 6.54 Å². The van der Waals surface area contributed by atoms with Crippen LogP contribution in [-0.2, 0) is 11.3 Å². The van der Waals surface area contributed by atoms with Gasteiger partial charge in [0.05, 0.1) is 0 Å². The summed E-state index contributed by atoms with van der Waals surface area (Å²) in [6.07, 6.45) is 2.21. The summed E-state index contributed by atoms with van der Waals surface area (Å²) in [4.78, 5) is 10.6. The van der Waals surface area contributed by atoms with Gasteiger partial charge in [0.15, 0.2) is 0 Å². The number of fused-ring (bicyclic) bond motifs is 1. The molecule has 5 heteroatoms. The molecule has 0 spiro atoms. The molecule has 0 unspecified atom stereocenters. The molecule has 1 aliphatic rings. The molecule has 2 rings (SSSR count). The van der Waals surface area contributed by atoms with Crippen molar-refractivity contribution >= 4 is 5.97 Å². The Morgan fingerprint density at radius 2 is 2.64 bits per heavy atom. The molecule has 5 nitrogen and oxygen atoms in total. The van der Waals surface area contributed by atoms with E-state index in [1.807, 2.05) is 0 Å². The molecule has 0 aliphatic carbocycles. The maximum Gasteiger partial charge on any atom is 0.314 e. The van der Waals surface area contributed by atoms with Crippen molar-refractivity contribution in [2.24, 2.45) is 0 Å². The van der Waals surface area contributed by atoms with E-state index in [9.17, 15) is 4.79 Å². The Morgan fingerprint density at radius 1 is 1.82 bits per heavy atom. The zero-order valence-corrected chi connectivity index (χ0v) is 5.77. The van der Waals surface area contributed by atoms with Crippen molar-refractivity contribution in [1.82, 2.24) is 14.8 Å². The van der Waals surface area contributed by atoms with Crippen molar-refractivity contribution < 1.29 is 9.90 Å². The van der Waals surface area contributed by atoms with Crippen molar-refractivity contribution in [3.8, 4) is 0 Å². The molecule has 1 aromatic heterocycles. The quantitative estimate of drug-likeness (QED) is 0.609. The van der Waals surface area contributed by atoms with Crippen LogP contribution in [-0.4, -0.2) is 25.8 Å². The average Bonchev–Trinajstić information content (AvgIpc) is 2.41. The number of hydrogen-bond donors (Lipinski definition) is 1. The third-order valence-corrected chi connectivity index (χ3v) is 1.91. The molecule has 1 aliphatic heterocycles. The second-order valence-corrected chi connectivity index (χ2v) is 2.56. The van der Waals surface area contributed by atoms with Gasteiger partial charge in [0.25, 0.3) is 0 Å². The highest BCUT2D eigenvalue weighted by Gasteiger charge is 2.30. The fraction of sp³-hybridized carbons (Fsp3) is 0.500. The minimum Gasteiger partial charge on any atom is -0.481 e. The molecule has 1 atom stereocenters. The Bertz CT molecular complexity index is 294. The standard InChI is InChI=1S/C6H7N3O2/c10-6(11)4-1-2-9-3-7-8-5(4)9/h3-4H,1-2H2,(H,10,11)/t4-/m1/s1. The highest BCUT2D eigenvalue weighted by molar-refractivity contribution is 5.75. The lowest BCUT2D eigenvalue weighted by Crippen LogP contribution is -2.09. The zero-order chi connectivity index (χ0) is 7.84. The minimum absolute atomic E-state index is 0.447. The molecule has 0 saturated heterocycles. The van der Waals surface area contributed by atoms with Crippen molar-refractivity contribution in [3.63, 3.8) is 0 Å². The number of aromatic nitrogens is 3. The molecule has 0 saturated carbocycles. The molecule has 11 heavy (non-hydrogen) atoms. The van der Waals surface area contributed by atoms with Crippen LogP contribution in [0.2, 0.25) is 0 Å². The number of carboxylic acids is 1. The van der Waals surface area contributed by atoms with Gasteiger partial charge in [-0.05, 0) is 6.42 Å². The van der Waals surface area contributed by atoms with Crippen molar-refractivity contribution in [2.75, 3.05) is 0 Å². The molecule has 0 bridgehead atoms. The van der Waals surface area contributed by atoms with E-state index < -0.39 is 11.9 Å². The van der Waals surface area contributed by atoms with E-state index in [1.54, 1.807) is 10.9 Å². The van der Waals surface area contributed by atoms with Gasteiger partial charge >= 0.3 is 5.97 Å². The van der Waals surface area contributed by atoms with E-state index in [0.29, 0.717) is 12.2 Å². The maximum absolute atomic E-state index is 10.6. The number of hydrogen-bond acceptors (Lipinski definition) is 3. The third kappa shape index (κ3) is 0.806. The predicted octanol–water partition coefficient (Wildman–Crippen LogP) is -0.150. The first-order valence-corrected chi connectivity index (χ1v) is 3.39. The van der Waals surface area contributed by atoms with E-state index in [1.165, 1.54) is 0 Å². The summed E-state index contributed by atoms with van der Waals surface area (Å²) in [7, 11) is 0. The lowest BCUT2D eigenvalue weighted by Gasteiger charge is -1.97. The van der Waals surface area contributed by atoms with E-state index in [4.69, 9.17) is 5.11 Å². The number of aryl methyl sites for hydroxylation is 1. The first kappa shape index (κ1) is 6.33. The van der Waals surface area contributed by atoms with Gasteiger partial charge in [-0.25, -0.2) is 0 Å². The predicted molar refractivity (Wildman–Crippen MR) is 35.0 cm³/mol. The lowest BCUT2D eigenvalue weighted by molar-refractivity contribution is -0.138. The van der Waals surface area contributed by atoms with Crippen molar-refractivity contribution in [1.29, 1.82) is 0 Å². The van der Waals surface area contributed by atoms with E-state index in [0.717, 1.165) is 6.54 Å². The summed E-state index contributed by atoms with van der Waals surface area (Å²) < 4.78 is 1.78. The van der Waals surface area contributed by atoms with Crippen molar-refractivity contribution in [3.05, 3.63) is 12.2 Å². The van der Waals surface area contributed by atoms with Crippen LogP contribution in [0.3, 0.4) is 0 Å². The molecule has 0 amide bonds. The summed E-state index contributed by atoms with van der Waals surface area (Å²) in [5.74, 6) is -0.674. The van der Waals surface area contributed by atoms with Crippen LogP contribution < -0.4 is 0 Å². The van der Waals surface area contributed by atoms with Crippen LogP contribution in [0.5, 0.6) is 0 Å². The monoisotopic (exact) mass is 153 g/mol. The van der Waals surface area contributed by atoms with Crippen LogP contribution in [0.4, 0.5) is 0 Å². The summed E-state index contributed by atoms with van der Waals surface area (Å²) in [6, 6.07) is 0. The fourth-order valence-electron chi connectivity index (χ4n) is 1.34. The van der Waals surface area contributed by atoms with Crippen LogP contribution in [0.25, 0.3) is 0 Å². The third-order valence-electron chi connectivity index (χ3n) is 1.91. The Labute approximate surface area is 62.7 Å². The largest absolute Gasteiger partial charge is 0.481 e. The van der Waals surface area contributed by atoms with Gasteiger partial charge in [-0.3, -0.25) is 4.79 Å². The first-order chi connectivity index (χ1) is 5.29. The summed E-state index contributed by atoms with van der Waals surface area (Å²) in [5.41, 5.74) is 0. The second-order valence-electron chi connectivity index (χ2n) is 2.56. The number of aliphatic carboxylic acids is 1. The number of carbonyl (C=O) groups is 1. The molecule has 0 fully saturated rings. The molecule has 58 valence electrons. The van der Waals surface area contributed by atoms with Gasteiger partial charge in [-0.1, -0.05) is 0 Å². The molecular weight excluding hydrogens is 146 g/mol. The summed E-state index contributed by atoms with van der Waals surface area (Å²) in [5, 5.41) is 16.1. The highest BCUT2D eigenvalue weighted by atomic mass is 16.4. The number of carboxylic acid groups (broad SMARTS) is 1. The SMILES string of the molecule is O=C(O)[C@@H]1CCn2cnnc21. The lowest BCUT2D eigenvalue weighted by atomic mass is 10.1. The van der Waals surface area contributed by atoms with Crippen molar-refractivity contribution in [2.45, 2.75) is 18.9 Å². The second kappa shape index (κ2) is 2.05. The Morgan fingerprint density at radius 3 is 3.36 bits per heavy atom. The minimum atomic E-state index is -0.809. The number of rotatable bonds is 1. The van der Waals surface area contributed by atoms with Gasteiger partial charge in [0.2, 0.25) is 0 Å². The summed E-state index contributed by atoms with van der Waals surface area (Å²) in [6.45, 7) is 0.722. The van der Waals surface area contributed by atoms with Gasteiger partial charge in [0.1, 0.15) is 18.1 Å². The zero-order valence-electron chi connectivity index (χ0n) is 5.77. The fourth-order valence-corrected chi connectivity index (χ4v) is 1.34. The molecule has 0 radical (unpaired) electrons. The number of nitrogens with zero attached hydrogens (tertiary/aromatic N) is 3. The van der Waals surface area contributed by atoms with Crippen LogP contribution in [0.15, 0.2) is 6.33 Å². The molecule has 2 heterocycles. The van der Waals surface area contributed by atoms with E-state index in [-0.39, 0.29) is 0 Å². The van der Waals surface area contributed by atoms with E-state index in [2.05, 4.69) is 10.2 Å². The van der Waals surface area contributed by atoms with E-state index >= 15 is 0 Å². The molecule has 1 N–H and O–H groups in total. The van der Waals surface area contributed by atoms with Gasteiger partial charge in [-0.2, -0.15) is 0 Å². The van der Waals surface area contributed by atoms with Gasteiger partial charge in [-0.15, -0.1) is 10.2 Å². The van der Waals surface area contributed by atoms with Crippen LogP contribution in [0.1, 0.15) is 18.2 Å². The Kier molecular flexibility index (Phi) is 1.18. The van der Waals surface area contributed by atoms with Gasteiger partial charge < -0.3 is 9.67 Å². The average molecular weight is 153 g/mol. The highest BCUT2D eigenvalue weighted by Crippen LogP contribution is 2.24. The smallest absolute Gasteiger partial charge is 0.314 e. The van der Waals surface area contributed by atoms with Crippen LogP contribution >= 0.6 is 0 Å². The molecule has 1 aromatic rings. The Balaban J connectivity index is 2.38. The van der Waals surface area contributed by atoms with Crippen LogP contribution in [0, 0.1) is 0 Å². The maximum atomic E-state index is 10.6. The molecular formula is C6H7N3O2. The first-order valence-electron chi connectivity index (χ1n) is 3.39. The topological polar surface area (TPSA) is 68.0 Å². The normalized spacial score (nSPS) is 21.6.